The topological polar surface area (TPSA) is 76.1 Å². The van der Waals surface area contributed by atoms with Crippen molar-refractivity contribution in [1.82, 2.24) is 4.90 Å². The van der Waals surface area contributed by atoms with E-state index in [1.165, 1.54) is 0 Å². The van der Waals surface area contributed by atoms with Gasteiger partial charge in [0.2, 0.25) is 5.91 Å². The van der Waals surface area contributed by atoms with Crippen LogP contribution in [0.3, 0.4) is 0 Å². The van der Waals surface area contributed by atoms with Crippen molar-refractivity contribution >= 4 is 27.8 Å². The fraction of sp³-hybridized carbons (Fsp3) is 0.529. The number of benzene rings is 1. The Bertz CT molecular complexity index is 629. The molecule has 2 aliphatic heterocycles. The maximum absolute atomic E-state index is 13.4. The number of carboxylic acid groups (broad SMARTS) is 1. The van der Waals surface area contributed by atoms with Crippen molar-refractivity contribution in [3.63, 3.8) is 0 Å². The lowest BCUT2D eigenvalue weighted by Crippen LogP contribution is -2.56. The molecule has 2 fully saturated rings. The maximum Gasteiger partial charge on any atom is 0.334 e. The summed E-state index contributed by atoms with van der Waals surface area (Å²) in [6, 6.07) is 7.78. The molecule has 7 heteroatoms. The van der Waals surface area contributed by atoms with Crippen molar-refractivity contribution in [3.8, 4) is 0 Å². The van der Waals surface area contributed by atoms with Gasteiger partial charge in [-0.15, -0.1) is 0 Å². The Kier molecular flexibility index (Phi) is 5.22. The molecule has 1 atom stereocenters. The van der Waals surface area contributed by atoms with E-state index in [4.69, 9.17) is 9.47 Å². The third kappa shape index (κ3) is 3.34. The summed E-state index contributed by atoms with van der Waals surface area (Å²) in [6.45, 7) is 1.79. The number of hydrogen-bond donors (Lipinski definition) is 1. The van der Waals surface area contributed by atoms with Gasteiger partial charge in [0.25, 0.3) is 0 Å². The number of rotatable bonds is 3. The highest BCUT2D eigenvalue weighted by Crippen LogP contribution is 2.38. The van der Waals surface area contributed by atoms with Crippen LogP contribution in [0, 0.1) is 0 Å². The van der Waals surface area contributed by atoms with E-state index < -0.39 is 17.5 Å². The molecule has 3 rings (SSSR count). The van der Waals surface area contributed by atoms with Crippen molar-refractivity contribution in [1.29, 1.82) is 0 Å². The number of amides is 1. The highest BCUT2D eigenvalue weighted by molar-refractivity contribution is 9.10. The predicted octanol–water partition coefficient (Wildman–Crippen LogP) is 1.81. The summed E-state index contributed by atoms with van der Waals surface area (Å²) in [5.74, 6) is -1.06. The van der Waals surface area contributed by atoms with Crippen LogP contribution in [0.15, 0.2) is 28.7 Å². The first kappa shape index (κ1) is 17.4. The molecule has 2 saturated heterocycles. The summed E-state index contributed by atoms with van der Waals surface area (Å²) in [6.07, 6.45) is 0.233. The van der Waals surface area contributed by atoms with E-state index in [0.29, 0.717) is 32.6 Å². The van der Waals surface area contributed by atoms with Crippen LogP contribution in [0.4, 0.5) is 0 Å². The Morgan fingerprint density at radius 1 is 1.25 bits per heavy atom. The number of carbonyl (C=O) groups excluding carboxylic acids is 1. The van der Waals surface area contributed by atoms with Gasteiger partial charge in [0.05, 0.1) is 18.6 Å². The van der Waals surface area contributed by atoms with E-state index >= 15 is 0 Å². The molecule has 1 N–H and O–H groups in total. The van der Waals surface area contributed by atoms with Gasteiger partial charge in [0.1, 0.15) is 0 Å². The SMILES string of the molecule is O=C(O)C1CN(C(=O)C2(c3cccc(Br)c3)CCOCC2)CCO1. The van der Waals surface area contributed by atoms with Crippen LogP contribution in [-0.2, 0) is 24.5 Å². The second-order valence-corrected chi connectivity index (χ2v) is 7.07. The molecule has 0 radical (unpaired) electrons. The summed E-state index contributed by atoms with van der Waals surface area (Å²) >= 11 is 3.47. The molecule has 0 aromatic heterocycles. The van der Waals surface area contributed by atoms with Gasteiger partial charge in [0, 0.05) is 24.2 Å². The molecule has 24 heavy (non-hydrogen) atoms. The first-order chi connectivity index (χ1) is 11.5. The minimum absolute atomic E-state index is 0.0292. The molecule has 0 aliphatic carbocycles. The van der Waals surface area contributed by atoms with Crippen LogP contribution in [0.2, 0.25) is 0 Å². The Morgan fingerprint density at radius 3 is 2.67 bits per heavy atom. The fourth-order valence-corrected chi connectivity index (χ4v) is 3.82. The van der Waals surface area contributed by atoms with Gasteiger partial charge in [-0.1, -0.05) is 28.1 Å². The lowest BCUT2D eigenvalue weighted by atomic mass is 9.73. The number of carboxylic acids is 1. The van der Waals surface area contributed by atoms with Crippen molar-refractivity contribution in [2.75, 3.05) is 32.9 Å². The zero-order valence-corrected chi connectivity index (χ0v) is 14.8. The summed E-state index contributed by atoms with van der Waals surface area (Å²) in [4.78, 5) is 26.2. The van der Waals surface area contributed by atoms with Gasteiger partial charge in [-0.3, -0.25) is 4.79 Å². The van der Waals surface area contributed by atoms with Crippen LogP contribution in [-0.4, -0.2) is 60.9 Å². The number of halogens is 1. The molecule has 0 bridgehead atoms. The summed E-state index contributed by atoms with van der Waals surface area (Å²) < 4.78 is 11.6. The van der Waals surface area contributed by atoms with Gasteiger partial charge >= 0.3 is 5.97 Å². The summed E-state index contributed by atoms with van der Waals surface area (Å²) in [5, 5.41) is 9.18. The third-order valence-corrected chi connectivity index (χ3v) is 5.26. The number of nitrogens with zero attached hydrogens (tertiary/aromatic N) is 1. The average Bonchev–Trinajstić information content (AvgIpc) is 2.61. The monoisotopic (exact) mass is 397 g/mol. The zero-order valence-electron chi connectivity index (χ0n) is 13.2. The molecule has 2 aliphatic rings. The van der Waals surface area contributed by atoms with E-state index in [1.807, 2.05) is 24.3 Å². The van der Waals surface area contributed by atoms with Crippen LogP contribution in [0.1, 0.15) is 18.4 Å². The highest BCUT2D eigenvalue weighted by atomic mass is 79.9. The zero-order chi connectivity index (χ0) is 17.2. The van der Waals surface area contributed by atoms with Crippen LogP contribution in [0.25, 0.3) is 0 Å². The Hall–Kier alpha value is -1.44. The third-order valence-electron chi connectivity index (χ3n) is 4.76. The number of ether oxygens (including phenoxy) is 2. The molecule has 2 heterocycles. The van der Waals surface area contributed by atoms with Gasteiger partial charge < -0.3 is 19.5 Å². The van der Waals surface area contributed by atoms with E-state index in [0.717, 1.165) is 10.0 Å². The smallest absolute Gasteiger partial charge is 0.334 e. The second-order valence-electron chi connectivity index (χ2n) is 6.15. The van der Waals surface area contributed by atoms with E-state index in [9.17, 15) is 14.7 Å². The highest BCUT2D eigenvalue weighted by Gasteiger charge is 2.45. The maximum atomic E-state index is 13.4. The lowest BCUT2D eigenvalue weighted by molar-refractivity contribution is -0.162. The van der Waals surface area contributed by atoms with E-state index in [-0.39, 0.29) is 19.1 Å². The number of morpholine rings is 1. The van der Waals surface area contributed by atoms with Gasteiger partial charge in [0.15, 0.2) is 6.10 Å². The quantitative estimate of drug-likeness (QED) is 0.841. The standard InChI is InChI=1S/C17H20BrNO5/c18-13-3-1-2-12(10-13)17(4-7-23-8-5-17)16(22)19-6-9-24-14(11-19)15(20)21/h1-3,10,14H,4-9,11H2,(H,20,21). The molecule has 1 amide bonds. The Labute approximate surface area is 148 Å². The Balaban J connectivity index is 1.91. The first-order valence-corrected chi connectivity index (χ1v) is 8.80. The Morgan fingerprint density at radius 2 is 2.00 bits per heavy atom. The number of hydrogen-bond acceptors (Lipinski definition) is 4. The summed E-state index contributed by atoms with van der Waals surface area (Å²) in [7, 11) is 0. The second kappa shape index (κ2) is 7.21. The van der Waals surface area contributed by atoms with Crippen LogP contribution < -0.4 is 0 Å². The minimum atomic E-state index is -1.03. The van der Waals surface area contributed by atoms with Crippen molar-refractivity contribution in [2.24, 2.45) is 0 Å². The fourth-order valence-electron chi connectivity index (χ4n) is 3.42. The van der Waals surface area contributed by atoms with E-state index in [1.54, 1.807) is 4.90 Å². The largest absolute Gasteiger partial charge is 0.479 e. The molecule has 0 saturated carbocycles. The van der Waals surface area contributed by atoms with Gasteiger partial charge in [-0.2, -0.15) is 0 Å². The number of carbonyl (C=O) groups is 2. The number of aliphatic carboxylic acids is 1. The predicted molar refractivity (Wildman–Crippen MR) is 89.8 cm³/mol. The first-order valence-electron chi connectivity index (χ1n) is 8.00. The van der Waals surface area contributed by atoms with Crippen molar-refractivity contribution in [2.45, 2.75) is 24.4 Å². The molecule has 1 aromatic carbocycles. The van der Waals surface area contributed by atoms with Crippen LogP contribution in [0.5, 0.6) is 0 Å². The van der Waals surface area contributed by atoms with Crippen LogP contribution >= 0.6 is 15.9 Å². The van der Waals surface area contributed by atoms with Gasteiger partial charge in [-0.05, 0) is 30.5 Å². The molecule has 1 aromatic rings. The molecule has 0 spiro atoms. The molecular weight excluding hydrogens is 378 g/mol. The lowest BCUT2D eigenvalue weighted by Gasteiger charge is -2.42. The molecule has 6 nitrogen and oxygen atoms in total. The average molecular weight is 398 g/mol. The molecular formula is C17H20BrNO5. The molecule has 130 valence electrons. The van der Waals surface area contributed by atoms with Crippen molar-refractivity contribution < 1.29 is 24.2 Å². The molecule has 1 unspecified atom stereocenters. The van der Waals surface area contributed by atoms with Crippen molar-refractivity contribution in [3.05, 3.63) is 34.3 Å². The minimum Gasteiger partial charge on any atom is -0.479 e. The normalized spacial score (nSPS) is 23.7. The summed E-state index contributed by atoms with van der Waals surface area (Å²) in [5.41, 5.74) is 0.283. The van der Waals surface area contributed by atoms with E-state index in [2.05, 4.69) is 15.9 Å². The van der Waals surface area contributed by atoms with Gasteiger partial charge in [-0.25, -0.2) is 4.79 Å².